The standard InChI is InChI=1S/C13H13F6NO2/c14-12(15,16)10(13(17,18)19)6-9(11(21)22)20-7-8-4-2-1-3-5-8/h1-5,9-10,20H,6-7H2,(H,21,22). The van der Waals surface area contributed by atoms with Crippen molar-refractivity contribution in [1.29, 1.82) is 0 Å². The van der Waals surface area contributed by atoms with Crippen LogP contribution in [0.3, 0.4) is 0 Å². The third-order valence-corrected chi connectivity index (χ3v) is 2.96. The Labute approximate surface area is 121 Å². The summed E-state index contributed by atoms with van der Waals surface area (Å²) in [5.74, 6) is -5.46. The van der Waals surface area contributed by atoms with Gasteiger partial charge in [0.05, 0.1) is 0 Å². The van der Waals surface area contributed by atoms with E-state index in [1.165, 1.54) is 0 Å². The van der Waals surface area contributed by atoms with Crippen molar-refractivity contribution >= 4 is 5.97 Å². The first kappa shape index (κ1) is 18.3. The summed E-state index contributed by atoms with van der Waals surface area (Å²) in [6, 6.07) is 6.06. The highest BCUT2D eigenvalue weighted by Crippen LogP contribution is 2.41. The van der Waals surface area contributed by atoms with Gasteiger partial charge in [-0.2, -0.15) is 26.3 Å². The van der Waals surface area contributed by atoms with E-state index < -0.39 is 36.7 Å². The van der Waals surface area contributed by atoms with Crippen LogP contribution in [0.1, 0.15) is 12.0 Å². The number of carboxylic acid groups (broad SMARTS) is 1. The minimum Gasteiger partial charge on any atom is -0.480 e. The first-order valence-corrected chi connectivity index (χ1v) is 6.15. The molecule has 1 atom stereocenters. The summed E-state index contributed by atoms with van der Waals surface area (Å²) < 4.78 is 74.8. The zero-order valence-corrected chi connectivity index (χ0v) is 11.1. The summed E-state index contributed by atoms with van der Waals surface area (Å²) in [5, 5.41) is 11.0. The second kappa shape index (κ2) is 6.99. The number of hydrogen-bond donors (Lipinski definition) is 2. The fraction of sp³-hybridized carbons (Fsp3) is 0.462. The van der Waals surface area contributed by atoms with E-state index in [0.29, 0.717) is 5.56 Å². The molecule has 1 aromatic rings. The van der Waals surface area contributed by atoms with E-state index in [2.05, 4.69) is 5.32 Å². The molecule has 124 valence electrons. The van der Waals surface area contributed by atoms with Gasteiger partial charge in [0, 0.05) is 6.54 Å². The molecule has 0 bridgehead atoms. The van der Waals surface area contributed by atoms with Crippen LogP contribution in [0.2, 0.25) is 0 Å². The lowest BCUT2D eigenvalue weighted by Crippen LogP contribution is -2.45. The monoisotopic (exact) mass is 329 g/mol. The molecule has 0 heterocycles. The number of hydrogen-bond acceptors (Lipinski definition) is 2. The third-order valence-electron chi connectivity index (χ3n) is 2.96. The van der Waals surface area contributed by atoms with Crippen LogP contribution in [0.15, 0.2) is 30.3 Å². The highest BCUT2D eigenvalue weighted by molar-refractivity contribution is 5.73. The van der Waals surface area contributed by atoms with Crippen molar-refractivity contribution in [3.05, 3.63) is 35.9 Å². The van der Waals surface area contributed by atoms with Crippen molar-refractivity contribution in [2.75, 3.05) is 0 Å². The topological polar surface area (TPSA) is 49.3 Å². The zero-order valence-electron chi connectivity index (χ0n) is 11.1. The maximum atomic E-state index is 12.5. The molecule has 0 fully saturated rings. The van der Waals surface area contributed by atoms with Gasteiger partial charge in [0.15, 0.2) is 5.92 Å². The molecule has 0 aliphatic carbocycles. The van der Waals surface area contributed by atoms with E-state index in [1.54, 1.807) is 30.3 Å². The third kappa shape index (κ3) is 5.55. The number of rotatable bonds is 6. The SMILES string of the molecule is O=C(O)C(CC(C(F)(F)F)C(F)(F)F)NCc1ccccc1. The molecule has 1 unspecified atom stereocenters. The molecule has 22 heavy (non-hydrogen) atoms. The van der Waals surface area contributed by atoms with E-state index >= 15 is 0 Å². The van der Waals surface area contributed by atoms with Crippen molar-refractivity contribution in [3.63, 3.8) is 0 Å². The Bertz CT molecular complexity index is 472. The van der Waals surface area contributed by atoms with Gasteiger partial charge >= 0.3 is 18.3 Å². The maximum absolute atomic E-state index is 12.5. The first-order chi connectivity index (χ1) is 10.0. The molecule has 1 aromatic carbocycles. The van der Waals surface area contributed by atoms with E-state index in [9.17, 15) is 31.1 Å². The molecule has 0 amide bonds. The number of carbonyl (C=O) groups is 1. The van der Waals surface area contributed by atoms with Crippen LogP contribution in [0.25, 0.3) is 0 Å². The zero-order chi connectivity index (χ0) is 17.0. The quantitative estimate of drug-likeness (QED) is 0.787. The van der Waals surface area contributed by atoms with Gasteiger partial charge in [-0.3, -0.25) is 4.79 Å². The van der Waals surface area contributed by atoms with Crippen LogP contribution < -0.4 is 5.32 Å². The molecule has 0 aliphatic heterocycles. The number of benzene rings is 1. The Hall–Kier alpha value is -1.77. The van der Waals surface area contributed by atoms with E-state index in [-0.39, 0.29) is 6.54 Å². The summed E-state index contributed by atoms with van der Waals surface area (Å²) in [6.45, 7) is -0.153. The van der Waals surface area contributed by atoms with E-state index in [0.717, 1.165) is 0 Å². The van der Waals surface area contributed by atoms with Crippen LogP contribution in [0.5, 0.6) is 0 Å². The van der Waals surface area contributed by atoms with Crippen LogP contribution >= 0.6 is 0 Å². The second-order valence-corrected chi connectivity index (χ2v) is 4.63. The molecule has 3 nitrogen and oxygen atoms in total. The molecule has 0 spiro atoms. The van der Waals surface area contributed by atoms with Gasteiger partial charge in [0.25, 0.3) is 0 Å². The lowest BCUT2D eigenvalue weighted by Gasteiger charge is -2.26. The number of nitrogens with one attached hydrogen (secondary N) is 1. The molecule has 1 rings (SSSR count). The Balaban J connectivity index is 2.80. The Morgan fingerprint density at radius 1 is 1.05 bits per heavy atom. The second-order valence-electron chi connectivity index (χ2n) is 4.63. The van der Waals surface area contributed by atoms with Crippen LogP contribution in [-0.4, -0.2) is 29.5 Å². The van der Waals surface area contributed by atoms with E-state index in [1.807, 2.05) is 0 Å². The minimum absolute atomic E-state index is 0.153. The maximum Gasteiger partial charge on any atom is 0.400 e. The smallest absolute Gasteiger partial charge is 0.400 e. The molecular weight excluding hydrogens is 316 g/mol. The van der Waals surface area contributed by atoms with Gasteiger partial charge in [-0.25, -0.2) is 0 Å². The Kier molecular flexibility index (Phi) is 5.81. The lowest BCUT2D eigenvalue weighted by molar-refractivity contribution is -0.286. The van der Waals surface area contributed by atoms with Gasteiger partial charge in [0.1, 0.15) is 6.04 Å². The van der Waals surface area contributed by atoms with Crippen LogP contribution in [-0.2, 0) is 11.3 Å². The molecule has 0 saturated carbocycles. The largest absolute Gasteiger partial charge is 0.480 e. The summed E-state index contributed by atoms with van der Waals surface area (Å²) >= 11 is 0. The highest BCUT2D eigenvalue weighted by atomic mass is 19.4. The van der Waals surface area contributed by atoms with Gasteiger partial charge < -0.3 is 10.4 Å². The van der Waals surface area contributed by atoms with Crippen molar-refractivity contribution in [2.45, 2.75) is 31.4 Å². The number of alkyl halides is 6. The summed E-state index contributed by atoms with van der Waals surface area (Å²) in [4.78, 5) is 10.9. The van der Waals surface area contributed by atoms with Crippen molar-refractivity contribution in [3.8, 4) is 0 Å². The number of carboxylic acids is 1. The minimum atomic E-state index is -5.56. The highest BCUT2D eigenvalue weighted by Gasteiger charge is 2.57. The van der Waals surface area contributed by atoms with Crippen molar-refractivity contribution in [2.24, 2.45) is 5.92 Å². The van der Waals surface area contributed by atoms with Crippen molar-refractivity contribution < 1.29 is 36.2 Å². The fourth-order valence-electron chi connectivity index (χ4n) is 1.80. The summed E-state index contributed by atoms with van der Waals surface area (Å²) in [7, 11) is 0. The predicted molar refractivity (Wildman–Crippen MR) is 64.9 cm³/mol. The van der Waals surface area contributed by atoms with Gasteiger partial charge in [-0.05, 0) is 12.0 Å². The fourth-order valence-corrected chi connectivity index (χ4v) is 1.80. The molecule has 0 radical (unpaired) electrons. The average Bonchev–Trinajstić information content (AvgIpc) is 2.36. The molecule has 2 N–H and O–H groups in total. The lowest BCUT2D eigenvalue weighted by atomic mass is 9.98. The predicted octanol–water partition coefficient (Wildman–Crippen LogP) is 3.36. The number of halogens is 6. The molecule has 9 heteroatoms. The number of aliphatic carboxylic acids is 1. The molecule has 0 aromatic heterocycles. The molecule has 0 saturated heterocycles. The van der Waals surface area contributed by atoms with Gasteiger partial charge in [0.2, 0.25) is 0 Å². The summed E-state index contributed by atoms with van der Waals surface area (Å²) in [6.07, 6.45) is -12.7. The molecule has 0 aliphatic rings. The Morgan fingerprint density at radius 3 is 1.95 bits per heavy atom. The Morgan fingerprint density at radius 2 is 1.55 bits per heavy atom. The van der Waals surface area contributed by atoms with Gasteiger partial charge in [-0.1, -0.05) is 30.3 Å². The average molecular weight is 329 g/mol. The van der Waals surface area contributed by atoms with Crippen LogP contribution in [0.4, 0.5) is 26.3 Å². The van der Waals surface area contributed by atoms with Gasteiger partial charge in [-0.15, -0.1) is 0 Å². The molecular formula is C13H13F6NO2. The normalized spacial score (nSPS) is 14.1. The summed E-state index contributed by atoms with van der Waals surface area (Å²) in [5.41, 5.74) is 0.546. The van der Waals surface area contributed by atoms with Crippen LogP contribution in [0, 0.1) is 5.92 Å². The van der Waals surface area contributed by atoms with Crippen molar-refractivity contribution in [1.82, 2.24) is 5.32 Å². The van der Waals surface area contributed by atoms with E-state index in [4.69, 9.17) is 5.11 Å². The first-order valence-electron chi connectivity index (χ1n) is 6.15.